The van der Waals surface area contributed by atoms with Crippen LogP contribution >= 0.6 is 0 Å². The van der Waals surface area contributed by atoms with E-state index < -0.39 is 12.1 Å². The van der Waals surface area contributed by atoms with Gasteiger partial charge in [-0.1, -0.05) is 18.2 Å². The highest BCUT2D eigenvalue weighted by Gasteiger charge is 2.50. The molecule has 2 aliphatic rings. The zero-order valence-electron chi connectivity index (χ0n) is 19.4. The van der Waals surface area contributed by atoms with E-state index in [-0.39, 0.29) is 24.1 Å². The van der Waals surface area contributed by atoms with Gasteiger partial charge in [-0.25, -0.2) is 4.98 Å². The Bertz CT molecular complexity index is 1560. The van der Waals surface area contributed by atoms with Crippen molar-refractivity contribution in [2.24, 2.45) is 0 Å². The van der Waals surface area contributed by atoms with Crippen LogP contribution < -0.4 is 19.7 Å². The van der Waals surface area contributed by atoms with Crippen molar-refractivity contribution in [1.82, 2.24) is 14.9 Å². The molecule has 3 heterocycles. The Morgan fingerprint density at radius 2 is 1.89 bits per heavy atom. The summed E-state index contributed by atoms with van der Waals surface area (Å²) < 4.78 is 10.9. The molecular formula is C26H21N5O5. The maximum atomic E-state index is 13.7. The predicted octanol–water partition coefficient (Wildman–Crippen LogP) is 3.33. The maximum absolute atomic E-state index is 13.7. The van der Waals surface area contributed by atoms with Gasteiger partial charge in [-0.3, -0.25) is 19.3 Å². The number of fused-ring (bicyclic) bond motifs is 6. The van der Waals surface area contributed by atoms with E-state index in [1.54, 1.807) is 60.9 Å². The van der Waals surface area contributed by atoms with Gasteiger partial charge in [-0.15, -0.1) is 0 Å². The van der Waals surface area contributed by atoms with Crippen LogP contribution in [0.15, 0.2) is 60.9 Å². The second-order valence-corrected chi connectivity index (χ2v) is 8.45. The molecule has 0 bridgehead atoms. The van der Waals surface area contributed by atoms with Crippen molar-refractivity contribution in [2.45, 2.75) is 6.17 Å². The minimum atomic E-state index is -0.810. The summed E-state index contributed by atoms with van der Waals surface area (Å²) in [6.45, 7) is -0.267. The molecule has 3 amide bonds. The number of ether oxygens (including phenoxy) is 2. The summed E-state index contributed by atoms with van der Waals surface area (Å²) >= 11 is 0. The predicted molar refractivity (Wildman–Crippen MR) is 131 cm³/mol. The molecule has 0 spiro atoms. The number of methoxy groups -OCH3 is 2. The van der Waals surface area contributed by atoms with Crippen LogP contribution in [0.25, 0.3) is 11.0 Å². The first-order valence-electron chi connectivity index (χ1n) is 11.2. The number of nitrogens with zero attached hydrogens (tertiary/aromatic N) is 3. The third-order valence-electron chi connectivity index (χ3n) is 6.50. The number of hydrogen-bond acceptors (Lipinski definition) is 6. The Morgan fingerprint density at radius 1 is 1.06 bits per heavy atom. The van der Waals surface area contributed by atoms with Gasteiger partial charge in [-0.2, -0.15) is 0 Å². The number of imidazole rings is 1. The van der Waals surface area contributed by atoms with Crippen LogP contribution in [0.5, 0.6) is 11.5 Å². The third-order valence-corrected chi connectivity index (χ3v) is 6.50. The van der Waals surface area contributed by atoms with E-state index in [0.29, 0.717) is 33.8 Å². The minimum Gasteiger partial charge on any atom is -0.493 e. The van der Waals surface area contributed by atoms with Crippen molar-refractivity contribution >= 4 is 40.1 Å². The van der Waals surface area contributed by atoms with E-state index in [9.17, 15) is 14.4 Å². The molecule has 2 aliphatic heterocycles. The summed E-state index contributed by atoms with van der Waals surface area (Å²) in [5.41, 5.74) is 3.81. The smallest absolute Gasteiger partial charge is 0.264 e. The molecule has 1 aromatic heterocycles. The fraction of sp³-hybridized carbons (Fsp3) is 0.154. The summed E-state index contributed by atoms with van der Waals surface area (Å²) in [5, 5.41) is 2.84. The number of nitrogens with one attached hydrogen (secondary N) is 2. The second kappa shape index (κ2) is 8.12. The number of para-hydroxylation sites is 1. The van der Waals surface area contributed by atoms with E-state index >= 15 is 0 Å². The van der Waals surface area contributed by atoms with Crippen molar-refractivity contribution < 1.29 is 23.9 Å². The van der Waals surface area contributed by atoms with Gasteiger partial charge in [0.2, 0.25) is 5.91 Å². The fourth-order valence-corrected chi connectivity index (χ4v) is 4.95. The van der Waals surface area contributed by atoms with Gasteiger partial charge in [0.1, 0.15) is 12.7 Å². The zero-order valence-corrected chi connectivity index (χ0v) is 19.4. The summed E-state index contributed by atoms with van der Waals surface area (Å²) in [6, 6.07) is 15.6. The Balaban J connectivity index is 1.40. The number of hydrogen-bond donors (Lipinski definition) is 2. The van der Waals surface area contributed by atoms with Crippen LogP contribution in [0.2, 0.25) is 0 Å². The molecule has 1 atom stereocenters. The van der Waals surface area contributed by atoms with Crippen molar-refractivity contribution in [3.05, 3.63) is 77.6 Å². The zero-order chi connectivity index (χ0) is 25.0. The first kappa shape index (κ1) is 21.7. The standard InChI is InChI=1S/C26H21N5O5/c1-35-20-10-8-16-22(23(20)36-2)26(34)31-19-6-4-3-5-15(19)25(33)30(24(16)31)12-21(32)29-14-7-9-17-18(11-14)28-13-27-17/h3-11,13,24H,12H2,1-2H3,(H,27,28)(H,29,32)/t24-/m0/s1. The number of H-pyrrole nitrogens is 1. The van der Waals surface area contributed by atoms with E-state index in [4.69, 9.17) is 9.47 Å². The molecule has 0 saturated heterocycles. The topological polar surface area (TPSA) is 117 Å². The molecule has 180 valence electrons. The van der Waals surface area contributed by atoms with Gasteiger partial charge < -0.3 is 24.7 Å². The van der Waals surface area contributed by atoms with Crippen LogP contribution in [-0.2, 0) is 4.79 Å². The van der Waals surface area contributed by atoms with Crippen molar-refractivity contribution in [3.63, 3.8) is 0 Å². The molecule has 0 radical (unpaired) electrons. The molecule has 0 fully saturated rings. The summed E-state index contributed by atoms with van der Waals surface area (Å²) in [4.78, 5) is 50.6. The number of anilines is 2. The van der Waals surface area contributed by atoms with Crippen LogP contribution in [0, 0.1) is 0 Å². The lowest BCUT2D eigenvalue weighted by Gasteiger charge is -2.40. The Hall–Kier alpha value is -4.86. The highest BCUT2D eigenvalue weighted by molar-refractivity contribution is 6.18. The lowest BCUT2D eigenvalue weighted by Crippen LogP contribution is -2.50. The molecule has 4 aromatic rings. The number of aromatic amines is 1. The first-order chi connectivity index (χ1) is 17.5. The Kier molecular flexibility index (Phi) is 4.89. The number of carbonyl (C=O) groups is 3. The molecule has 0 unspecified atom stereocenters. The number of amides is 3. The van der Waals surface area contributed by atoms with E-state index in [1.807, 2.05) is 0 Å². The summed E-state index contributed by atoms with van der Waals surface area (Å²) in [5.74, 6) is -0.385. The summed E-state index contributed by atoms with van der Waals surface area (Å²) in [6.07, 6.45) is 0.766. The lowest BCUT2D eigenvalue weighted by molar-refractivity contribution is -0.117. The third kappa shape index (κ3) is 3.11. The average molecular weight is 483 g/mol. The van der Waals surface area contributed by atoms with Gasteiger partial charge in [0.15, 0.2) is 11.5 Å². The van der Waals surface area contributed by atoms with Gasteiger partial charge in [0.25, 0.3) is 11.8 Å². The SMILES string of the molecule is COc1ccc2c(c1OC)C(=O)N1c3ccccc3C(=O)N(CC(=O)Nc3ccc4nc[nH]c4c3)[C@H]21. The molecule has 36 heavy (non-hydrogen) atoms. The molecule has 6 rings (SSSR count). The maximum Gasteiger partial charge on any atom is 0.264 e. The van der Waals surface area contributed by atoms with Crippen molar-refractivity contribution in [3.8, 4) is 11.5 Å². The van der Waals surface area contributed by atoms with Crippen LogP contribution in [0.1, 0.15) is 32.4 Å². The van der Waals surface area contributed by atoms with E-state index in [2.05, 4.69) is 15.3 Å². The molecule has 10 nitrogen and oxygen atoms in total. The minimum absolute atomic E-state index is 0.267. The number of carbonyl (C=O) groups excluding carboxylic acids is 3. The van der Waals surface area contributed by atoms with E-state index in [0.717, 1.165) is 11.0 Å². The summed E-state index contributed by atoms with van der Waals surface area (Å²) in [7, 11) is 2.95. The normalized spacial score (nSPS) is 16.0. The van der Waals surface area contributed by atoms with Crippen molar-refractivity contribution in [1.29, 1.82) is 0 Å². The Morgan fingerprint density at radius 3 is 2.69 bits per heavy atom. The van der Waals surface area contributed by atoms with Gasteiger partial charge in [-0.05, 0) is 36.4 Å². The van der Waals surface area contributed by atoms with Crippen LogP contribution in [-0.4, -0.2) is 53.4 Å². The van der Waals surface area contributed by atoms with Gasteiger partial charge >= 0.3 is 0 Å². The Labute approximate surface area is 205 Å². The lowest BCUT2D eigenvalue weighted by atomic mass is 10.0. The fourth-order valence-electron chi connectivity index (χ4n) is 4.95. The van der Waals surface area contributed by atoms with Gasteiger partial charge in [0, 0.05) is 11.3 Å². The second-order valence-electron chi connectivity index (χ2n) is 8.45. The first-order valence-corrected chi connectivity index (χ1v) is 11.2. The average Bonchev–Trinajstić information content (AvgIpc) is 3.48. The molecule has 0 aliphatic carbocycles. The van der Waals surface area contributed by atoms with E-state index in [1.165, 1.54) is 24.0 Å². The number of benzene rings is 3. The highest BCUT2D eigenvalue weighted by atomic mass is 16.5. The monoisotopic (exact) mass is 483 g/mol. The molecular weight excluding hydrogens is 462 g/mol. The number of rotatable bonds is 5. The largest absolute Gasteiger partial charge is 0.493 e. The molecule has 3 aromatic carbocycles. The highest BCUT2D eigenvalue weighted by Crippen LogP contribution is 2.49. The molecule has 0 saturated carbocycles. The quantitative estimate of drug-likeness (QED) is 0.450. The molecule has 10 heteroatoms. The van der Waals surface area contributed by atoms with Crippen LogP contribution in [0.3, 0.4) is 0 Å². The van der Waals surface area contributed by atoms with Crippen molar-refractivity contribution in [2.75, 3.05) is 31.0 Å². The van der Waals surface area contributed by atoms with Gasteiger partial charge in [0.05, 0.1) is 48.4 Å². The number of aromatic nitrogens is 2. The van der Waals surface area contributed by atoms with Crippen LogP contribution in [0.4, 0.5) is 11.4 Å². The molecule has 2 N–H and O–H groups in total.